The molecule has 0 spiro atoms. The van der Waals surface area contributed by atoms with Gasteiger partial charge in [-0.2, -0.15) is 0 Å². The quantitative estimate of drug-likeness (QED) is 0.831. The molecule has 0 saturated heterocycles. The second-order valence-corrected chi connectivity index (χ2v) is 5.64. The number of aryl methyl sites for hydroxylation is 1. The predicted octanol–water partition coefficient (Wildman–Crippen LogP) is 3.11. The summed E-state index contributed by atoms with van der Waals surface area (Å²) < 4.78 is 9.72. The van der Waals surface area contributed by atoms with Crippen LogP contribution in [0.3, 0.4) is 0 Å². The van der Waals surface area contributed by atoms with E-state index in [0.717, 1.165) is 11.3 Å². The Bertz CT molecular complexity index is 648. The van der Waals surface area contributed by atoms with E-state index in [9.17, 15) is 9.59 Å². The van der Waals surface area contributed by atoms with Crippen molar-refractivity contribution in [3.8, 4) is 5.75 Å². The maximum atomic E-state index is 11.9. The molecule has 0 atom stereocenters. The van der Waals surface area contributed by atoms with Gasteiger partial charge in [0.25, 0.3) is 0 Å². The van der Waals surface area contributed by atoms with Gasteiger partial charge in [0.05, 0.1) is 19.2 Å². The highest BCUT2D eigenvalue weighted by molar-refractivity contribution is 7.18. The van der Waals surface area contributed by atoms with E-state index in [1.54, 1.807) is 19.2 Å². The molecule has 22 heavy (non-hydrogen) atoms. The van der Waals surface area contributed by atoms with Crippen LogP contribution in [-0.4, -0.2) is 26.1 Å². The monoisotopic (exact) mass is 319 g/mol. The Balaban J connectivity index is 1.84. The van der Waals surface area contributed by atoms with E-state index in [1.807, 2.05) is 24.3 Å². The van der Waals surface area contributed by atoms with E-state index in [4.69, 9.17) is 4.74 Å². The first-order valence-corrected chi connectivity index (χ1v) is 7.55. The lowest BCUT2D eigenvalue weighted by Crippen LogP contribution is -2.11. The maximum Gasteiger partial charge on any atom is 0.348 e. The molecule has 0 saturated carbocycles. The Morgan fingerprint density at radius 3 is 2.45 bits per heavy atom. The number of hydrogen-bond donors (Lipinski definition) is 1. The average molecular weight is 319 g/mol. The SMILES string of the molecule is COC(=O)c1ccc(NC(=O)CCc2ccc(OC)cc2)s1. The van der Waals surface area contributed by atoms with Crippen molar-refractivity contribution in [3.05, 3.63) is 46.8 Å². The number of thiophene rings is 1. The fourth-order valence-corrected chi connectivity index (χ4v) is 2.71. The minimum Gasteiger partial charge on any atom is -0.497 e. The van der Waals surface area contributed by atoms with Crippen molar-refractivity contribution >= 4 is 28.2 Å². The van der Waals surface area contributed by atoms with Gasteiger partial charge in [-0.15, -0.1) is 11.3 Å². The van der Waals surface area contributed by atoms with Crippen molar-refractivity contribution < 1.29 is 19.1 Å². The maximum absolute atomic E-state index is 11.9. The van der Waals surface area contributed by atoms with Crippen molar-refractivity contribution in [2.45, 2.75) is 12.8 Å². The molecule has 0 aliphatic heterocycles. The highest BCUT2D eigenvalue weighted by atomic mass is 32.1. The number of nitrogens with one attached hydrogen (secondary N) is 1. The van der Waals surface area contributed by atoms with Crippen molar-refractivity contribution in [2.24, 2.45) is 0 Å². The van der Waals surface area contributed by atoms with Gasteiger partial charge >= 0.3 is 5.97 Å². The Morgan fingerprint density at radius 1 is 1.09 bits per heavy atom. The molecule has 6 heteroatoms. The van der Waals surface area contributed by atoms with Gasteiger partial charge in [-0.05, 0) is 36.2 Å². The summed E-state index contributed by atoms with van der Waals surface area (Å²) >= 11 is 1.20. The molecule has 5 nitrogen and oxygen atoms in total. The number of ether oxygens (including phenoxy) is 2. The summed E-state index contributed by atoms with van der Waals surface area (Å²) in [6.07, 6.45) is 1.02. The number of amides is 1. The second kappa shape index (κ2) is 7.61. The molecule has 1 N–H and O–H groups in total. The van der Waals surface area contributed by atoms with Crippen LogP contribution in [-0.2, 0) is 16.0 Å². The van der Waals surface area contributed by atoms with Crippen LogP contribution in [0.5, 0.6) is 5.75 Å². The first kappa shape index (κ1) is 16.0. The van der Waals surface area contributed by atoms with E-state index in [2.05, 4.69) is 10.1 Å². The molecule has 0 aliphatic rings. The van der Waals surface area contributed by atoms with E-state index in [-0.39, 0.29) is 5.91 Å². The normalized spacial score (nSPS) is 10.1. The number of anilines is 1. The molecule has 1 amide bonds. The van der Waals surface area contributed by atoms with Gasteiger partial charge < -0.3 is 14.8 Å². The molecular weight excluding hydrogens is 302 g/mol. The molecule has 0 radical (unpaired) electrons. The summed E-state index contributed by atoms with van der Waals surface area (Å²) in [5.74, 6) is 0.306. The fraction of sp³-hybridized carbons (Fsp3) is 0.250. The van der Waals surface area contributed by atoms with Crippen molar-refractivity contribution in [3.63, 3.8) is 0 Å². The lowest BCUT2D eigenvalue weighted by atomic mass is 10.1. The summed E-state index contributed by atoms with van der Waals surface area (Å²) in [7, 11) is 2.95. The highest BCUT2D eigenvalue weighted by Crippen LogP contribution is 2.22. The zero-order chi connectivity index (χ0) is 15.9. The smallest absolute Gasteiger partial charge is 0.348 e. The number of hydrogen-bond acceptors (Lipinski definition) is 5. The Labute approximate surface area is 132 Å². The minimum atomic E-state index is -0.399. The van der Waals surface area contributed by atoms with E-state index in [0.29, 0.717) is 22.7 Å². The van der Waals surface area contributed by atoms with Crippen LogP contribution in [0, 0.1) is 0 Å². The molecular formula is C16H17NO4S. The molecule has 1 heterocycles. The standard InChI is InChI=1S/C16H17NO4S/c1-20-12-6-3-11(4-7-12)5-9-14(18)17-15-10-8-13(22-15)16(19)21-2/h3-4,6-8,10H,5,9H2,1-2H3,(H,17,18). The number of methoxy groups -OCH3 is 2. The van der Waals surface area contributed by atoms with Crippen LogP contribution in [0.2, 0.25) is 0 Å². The van der Waals surface area contributed by atoms with Crippen LogP contribution in [0.4, 0.5) is 5.00 Å². The first-order valence-electron chi connectivity index (χ1n) is 6.73. The Kier molecular flexibility index (Phi) is 5.55. The molecule has 2 rings (SSSR count). The third-order valence-corrected chi connectivity index (χ3v) is 4.04. The average Bonchev–Trinajstić information content (AvgIpc) is 3.01. The molecule has 2 aromatic rings. The zero-order valence-electron chi connectivity index (χ0n) is 12.4. The van der Waals surface area contributed by atoms with E-state index in [1.165, 1.54) is 18.4 Å². The second-order valence-electron chi connectivity index (χ2n) is 4.55. The van der Waals surface area contributed by atoms with Crippen molar-refractivity contribution in [1.82, 2.24) is 0 Å². The van der Waals surface area contributed by atoms with Gasteiger partial charge in [0.2, 0.25) is 5.91 Å². The number of carbonyl (C=O) groups excluding carboxylic acids is 2. The molecule has 1 aromatic carbocycles. The van der Waals surface area contributed by atoms with E-state index < -0.39 is 5.97 Å². The van der Waals surface area contributed by atoms with Gasteiger partial charge in [0, 0.05) is 6.42 Å². The third kappa shape index (κ3) is 4.33. The van der Waals surface area contributed by atoms with Gasteiger partial charge in [-0.1, -0.05) is 12.1 Å². The first-order chi connectivity index (χ1) is 10.6. The van der Waals surface area contributed by atoms with Gasteiger partial charge in [-0.3, -0.25) is 4.79 Å². The molecule has 1 aromatic heterocycles. The summed E-state index contributed by atoms with van der Waals surface area (Å²) in [5.41, 5.74) is 1.07. The zero-order valence-corrected chi connectivity index (χ0v) is 13.2. The summed E-state index contributed by atoms with van der Waals surface area (Å²) in [6, 6.07) is 10.9. The highest BCUT2D eigenvalue weighted by Gasteiger charge is 2.11. The van der Waals surface area contributed by atoms with Crippen molar-refractivity contribution in [1.29, 1.82) is 0 Å². The summed E-state index contributed by atoms with van der Waals surface area (Å²) in [5, 5.41) is 3.42. The fourth-order valence-electron chi connectivity index (χ4n) is 1.87. The lowest BCUT2D eigenvalue weighted by molar-refractivity contribution is -0.116. The van der Waals surface area contributed by atoms with E-state index >= 15 is 0 Å². The molecule has 0 unspecified atom stereocenters. The predicted molar refractivity (Wildman–Crippen MR) is 85.6 cm³/mol. The van der Waals surface area contributed by atoms with Gasteiger partial charge in [-0.25, -0.2) is 4.79 Å². The lowest BCUT2D eigenvalue weighted by Gasteiger charge is -2.04. The minimum absolute atomic E-state index is 0.0888. The summed E-state index contributed by atoms with van der Waals surface area (Å²) in [6.45, 7) is 0. The van der Waals surface area contributed by atoms with Crippen LogP contribution in [0.1, 0.15) is 21.7 Å². The summed E-state index contributed by atoms with van der Waals surface area (Å²) in [4.78, 5) is 23.7. The third-order valence-electron chi connectivity index (χ3n) is 3.05. The molecule has 0 fully saturated rings. The van der Waals surface area contributed by atoms with Crippen LogP contribution in [0.15, 0.2) is 36.4 Å². The Hall–Kier alpha value is -2.34. The van der Waals surface area contributed by atoms with Crippen LogP contribution >= 0.6 is 11.3 Å². The number of rotatable bonds is 6. The van der Waals surface area contributed by atoms with Crippen molar-refractivity contribution in [2.75, 3.05) is 19.5 Å². The van der Waals surface area contributed by atoms with Crippen LogP contribution < -0.4 is 10.1 Å². The van der Waals surface area contributed by atoms with Crippen LogP contribution in [0.25, 0.3) is 0 Å². The van der Waals surface area contributed by atoms with Gasteiger partial charge in [0.15, 0.2) is 0 Å². The number of esters is 1. The Morgan fingerprint density at radius 2 is 1.82 bits per heavy atom. The van der Waals surface area contributed by atoms with Gasteiger partial charge in [0.1, 0.15) is 10.6 Å². The molecule has 0 aliphatic carbocycles. The molecule has 0 bridgehead atoms. The topological polar surface area (TPSA) is 64.6 Å². The largest absolute Gasteiger partial charge is 0.497 e. The molecule has 116 valence electrons. The number of benzene rings is 1. The number of carbonyl (C=O) groups is 2.